The lowest BCUT2D eigenvalue weighted by atomic mass is 10.1. The van der Waals surface area contributed by atoms with E-state index in [1.165, 1.54) is 44.9 Å². The Morgan fingerprint density at radius 3 is 2.06 bits per heavy atom. The first-order chi connectivity index (χ1) is 15.0. The zero-order valence-electron chi connectivity index (χ0n) is 18.3. The van der Waals surface area contributed by atoms with Gasteiger partial charge in [0.2, 0.25) is 0 Å². The van der Waals surface area contributed by atoms with E-state index in [1.807, 2.05) is 0 Å². The van der Waals surface area contributed by atoms with Gasteiger partial charge in [0.15, 0.2) is 0 Å². The van der Waals surface area contributed by atoms with Crippen LogP contribution in [0, 0.1) is 0 Å². The number of fused-ring (bicyclic) bond motifs is 1. The second kappa shape index (κ2) is 11.7. The summed E-state index contributed by atoms with van der Waals surface area (Å²) in [6.45, 7) is 1.75. The molecule has 0 aliphatic heterocycles. The number of rotatable bonds is 15. The number of imidazole rings is 1. The molecule has 0 fully saturated rings. The molecule has 0 saturated heterocycles. The summed E-state index contributed by atoms with van der Waals surface area (Å²) in [5.41, 5.74) is 0.758. The fourth-order valence-electron chi connectivity index (χ4n) is 3.44. The summed E-state index contributed by atoms with van der Waals surface area (Å²) in [4.78, 5) is 41.4. The summed E-state index contributed by atoms with van der Waals surface area (Å²) in [7, 11) is -11.1. The van der Waals surface area contributed by atoms with Crippen LogP contribution in [0.2, 0.25) is 0 Å². The molecule has 0 aliphatic carbocycles. The topological polar surface area (TPSA) is 162 Å². The van der Waals surface area contributed by atoms with Crippen LogP contribution < -0.4 is 4.74 Å². The van der Waals surface area contributed by atoms with Crippen molar-refractivity contribution in [3.05, 3.63) is 24.5 Å². The highest BCUT2D eigenvalue weighted by atomic mass is 31.2. The second-order valence-corrected chi connectivity index (χ2v) is 12.1. The van der Waals surface area contributed by atoms with Crippen LogP contribution in [0.5, 0.6) is 5.75 Å². The average Bonchev–Trinajstić information content (AvgIpc) is 3.09. The van der Waals surface area contributed by atoms with Crippen molar-refractivity contribution in [1.29, 1.82) is 0 Å². The molecule has 10 nitrogen and oxygen atoms in total. The Bertz CT molecular complexity index is 930. The smallest absolute Gasteiger partial charge is 0.371 e. The molecule has 0 radical (unpaired) electrons. The van der Waals surface area contributed by atoms with Gasteiger partial charge in [-0.25, -0.2) is 4.98 Å². The minimum absolute atomic E-state index is 0.348. The van der Waals surface area contributed by atoms with Crippen LogP contribution in [0.4, 0.5) is 0 Å². The molecule has 32 heavy (non-hydrogen) atoms. The number of hydrogen-bond donors (Lipinski definition) is 5. The van der Waals surface area contributed by atoms with E-state index in [9.17, 15) is 33.8 Å². The summed E-state index contributed by atoms with van der Waals surface area (Å²) in [6, 6.07) is 4.84. The molecule has 0 spiro atoms. The molecule has 1 aromatic carbocycles. The molecular formula is C20H34N2O8P2. The first kappa shape index (κ1) is 27.0. The lowest BCUT2D eigenvalue weighted by Gasteiger charge is -2.29. The average molecular weight is 492 g/mol. The Hall–Kier alpha value is -1.25. The van der Waals surface area contributed by atoms with Crippen LogP contribution in [-0.4, -0.2) is 45.9 Å². The molecule has 0 amide bonds. The summed E-state index contributed by atoms with van der Waals surface area (Å²) in [5.74, 6) is 0.572. The quantitative estimate of drug-likeness (QED) is 0.183. The van der Waals surface area contributed by atoms with Gasteiger partial charge >= 0.3 is 15.2 Å². The fourth-order valence-corrected chi connectivity index (χ4v) is 5.48. The number of aromatic nitrogens is 2. The molecule has 0 atom stereocenters. The van der Waals surface area contributed by atoms with Crippen molar-refractivity contribution < 1.29 is 38.5 Å². The van der Waals surface area contributed by atoms with Crippen molar-refractivity contribution >= 4 is 26.2 Å². The molecule has 0 aliphatic rings. The zero-order chi connectivity index (χ0) is 23.8. The van der Waals surface area contributed by atoms with Gasteiger partial charge in [0.1, 0.15) is 5.75 Å². The van der Waals surface area contributed by atoms with Crippen LogP contribution in [0.3, 0.4) is 0 Å². The van der Waals surface area contributed by atoms with Crippen LogP contribution in [0.25, 0.3) is 11.0 Å². The van der Waals surface area contributed by atoms with E-state index in [4.69, 9.17) is 4.74 Å². The van der Waals surface area contributed by atoms with Gasteiger partial charge in [0.05, 0.1) is 30.5 Å². The molecule has 0 saturated carbocycles. The van der Waals surface area contributed by atoms with Crippen molar-refractivity contribution in [2.24, 2.45) is 0 Å². The molecule has 5 N–H and O–H groups in total. The number of aliphatic hydroxyl groups is 1. The van der Waals surface area contributed by atoms with Crippen LogP contribution >= 0.6 is 15.2 Å². The molecule has 0 unspecified atom stereocenters. The van der Waals surface area contributed by atoms with Crippen molar-refractivity contribution in [2.75, 3.05) is 6.61 Å². The number of benzene rings is 1. The largest absolute Gasteiger partial charge is 0.494 e. The van der Waals surface area contributed by atoms with E-state index in [0.717, 1.165) is 23.7 Å². The maximum atomic E-state index is 11.6. The molecule has 182 valence electrons. The number of unbranched alkanes of at least 4 members (excludes halogenated alkanes) is 8. The highest BCUT2D eigenvalue weighted by Crippen LogP contribution is 2.68. The van der Waals surface area contributed by atoms with Gasteiger partial charge in [-0.2, -0.15) is 0 Å². The maximum absolute atomic E-state index is 11.6. The third-order valence-corrected chi connectivity index (χ3v) is 9.14. The molecule has 1 heterocycles. The predicted octanol–water partition coefficient (Wildman–Crippen LogP) is 3.95. The van der Waals surface area contributed by atoms with Crippen LogP contribution in [0.15, 0.2) is 24.5 Å². The summed E-state index contributed by atoms with van der Waals surface area (Å²) < 4.78 is 30.0. The summed E-state index contributed by atoms with van der Waals surface area (Å²) in [6.07, 6.45) is 12.1. The summed E-state index contributed by atoms with van der Waals surface area (Å²) in [5, 5.41) is 6.59. The Morgan fingerprint density at radius 1 is 0.938 bits per heavy atom. The molecule has 0 bridgehead atoms. The lowest BCUT2D eigenvalue weighted by Crippen LogP contribution is -2.33. The van der Waals surface area contributed by atoms with E-state index in [0.29, 0.717) is 23.4 Å². The monoisotopic (exact) mass is 492 g/mol. The van der Waals surface area contributed by atoms with Crippen LogP contribution in [-0.2, 0) is 15.7 Å². The van der Waals surface area contributed by atoms with Crippen molar-refractivity contribution in [3.8, 4) is 5.75 Å². The first-order valence-corrected chi connectivity index (χ1v) is 14.1. The summed E-state index contributed by atoms with van der Waals surface area (Å²) >= 11 is 0. The SMILES string of the molecule is CCCCCCCCCCCOc1ccc2c(c1)ncn2CC(O)(P(=O)(O)O)P(=O)(O)O. The molecule has 2 rings (SSSR count). The third-order valence-electron chi connectivity index (χ3n) is 5.42. The third kappa shape index (κ3) is 7.12. The van der Waals surface area contributed by atoms with Gasteiger partial charge in [0.25, 0.3) is 5.08 Å². The molecule has 1 aromatic heterocycles. The molecular weight excluding hydrogens is 458 g/mol. The van der Waals surface area contributed by atoms with Gasteiger partial charge in [-0.1, -0.05) is 58.3 Å². The van der Waals surface area contributed by atoms with Gasteiger partial charge < -0.3 is 34.0 Å². The predicted molar refractivity (Wildman–Crippen MR) is 121 cm³/mol. The zero-order valence-corrected chi connectivity index (χ0v) is 20.1. The van der Waals surface area contributed by atoms with Crippen molar-refractivity contribution in [2.45, 2.75) is 76.3 Å². The van der Waals surface area contributed by atoms with Gasteiger partial charge in [0, 0.05) is 6.07 Å². The molecule has 2 aromatic rings. The van der Waals surface area contributed by atoms with Gasteiger partial charge in [-0.3, -0.25) is 9.13 Å². The van der Waals surface area contributed by atoms with E-state index in [2.05, 4.69) is 11.9 Å². The number of hydrogen-bond acceptors (Lipinski definition) is 5. The van der Waals surface area contributed by atoms with Crippen molar-refractivity contribution in [3.63, 3.8) is 0 Å². The van der Waals surface area contributed by atoms with Crippen LogP contribution in [0.1, 0.15) is 64.7 Å². The Kier molecular flexibility index (Phi) is 9.91. The van der Waals surface area contributed by atoms with E-state index < -0.39 is 26.8 Å². The van der Waals surface area contributed by atoms with Crippen molar-refractivity contribution in [1.82, 2.24) is 9.55 Å². The second-order valence-electron chi connectivity index (χ2n) is 8.06. The van der Waals surface area contributed by atoms with E-state index >= 15 is 0 Å². The Labute approximate surface area is 188 Å². The first-order valence-electron chi connectivity index (χ1n) is 10.9. The minimum Gasteiger partial charge on any atom is -0.494 e. The van der Waals surface area contributed by atoms with E-state index in [-0.39, 0.29) is 0 Å². The Morgan fingerprint density at radius 2 is 1.50 bits per heavy atom. The fraction of sp³-hybridized carbons (Fsp3) is 0.650. The minimum atomic E-state index is -5.55. The van der Waals surface area contributed by atoms with E-state index in [1.54, 1.807) is 18.2 Å². The highest BCUT2D eigenvalue weighted by Gasteiger charge is 2.59. The standard InChI is InChI=1S/C20H34N2O8P2/c1-2-3-4-5-6-7-8-9-10-13-30-17-11-12-19-18(14-17)21-16-22(19)15-20(23,31(24,25)26)32(27,28)29/h11-12,14,16,23H,2-10,13,15H2,1H3,(H2,24,25,26)(H2,27,28,29). The number of ether oxygens (including phenoxy) is 1. The normalized spacial score (nSPS) is 13.1. The Balaban J connectivity index is 1.89. The van der Waals surface area contributed by atoms with Gasteiger partial charge in [-0.15, -0.1) is 0 Å². The molecule has 12 heteroatoms. The highest BCUT2D eigenvalue weighted by molar-refractivity contribution is 7.72. The number of nitrogens with zero attached hydrogens (tertiary/aromatic N) is 2. The lowest BCUT2D eigenvalue weighted by molar-refractivity contribution is 0.116. The maximum Gasteiger partial charge on any atom is 0.371 e. The van der Waals surface area contributed by atoms with Gasteiger partial charge in [-0.05, 0) is 18.6 Å².